The summed E-state index contributed by atoms with van der Waals surface area (Å²) in [7, 11) is 0. The van der Waals surface area contributed by atoms with Gasteiger partial charge in [-0.2, -0.15) is 4.98 Å². The first kappa shape index (κ1) is 17.3. The molecular formula is C15H20F2N6O2. The topological polar surface area (TPSA) is 118 Å². The van der Waals surface area contributed by atoms with E-state index in [2.05, 4.69) is 9.97 Å². The zero-order valence-electron chi connectivity index (χ0n) is 13.7. The van der Waals surface area contributed by atoms with E-state index in [0.717, 1.165) is 0 Å². The molecule has 0 saturated carbocycles. The highest BCUT2D eigenvalue weighted by atomic mass is 19.1. The van der Waals surface area contributed by atoms with E-state index in [-0.39, 0.29) is 31.9 Å². The maximum Gasteiger partial charge on any atom is 0.240 e. The van der Waals surface area contributed by atoms with Crippen LogP contribution in [0.2, 0.25) is 0 Å². The largest absolute Gasteiger partial charge is 0.368 e. The number of nitrogens with zero attached hydrogens (tertiary/aromatic N) is 4. The predicted molar refractivity (Wildman–Crippen MR) is 86.5 cm³/mol. The van der Waals surface area contributed by atoms with Crippen LogP contribution < -0.4 is 21.3 Å². The molecule has 2 amide bonds. The molecule has 2 aliphatic rings. The highest BCUT2D eigenvalue weighted by molar-refractivity contribution is 5.85. The van der Waals surface area contributed by atoms with Crippen molar-refractivity contribution in [1.82, 2.24) is 9.97 Å². The van der Waals surface area contributed by atoms with E-state index in [1.54, 1.807) is 6.92 Å². The summed E-state index contributed by atoms with van der Waals surface area (Å²) < 4.78 is 27.6. The molecular weight excluding hydrogens is 334 g/mol. The Morgan fingerprint density at radius 3 is 2.16 bits per heavy atom. The minimum Gasteiger partial charge on any atom is -0.368 e. The molecule has 136 valence electrons. The number of amides is 2. The predicted octanol–water partition coefficient (Wildman–Crippen LogP) is -0.411. The minimum absolute atomic E-state index is 0.00567. The summed E-state index contributed by atoms with van der Waals surface area (Å²) in [6.07, 6.45) is -0.955. The minimum atomic E-state index is -1.22. The summed E-state index contributed by atoms with van der Waals surface area (Å²) in [5, 5.41) is 0. The lowest BCUT2D eigenvalue weighted by Crippen LogP contribution is -2.43. The van der Waals surface area contributed by atoms with Crippen molar-refractivity contribution in [1.29, 1.82) is 0 Å². The third-order valence-electron chi connectivity index (χ3n) is 4.62. The number of anilines is 2. The second-order valence-corrected chi connectivity index (χ2v) is 6.48. The van der Waals surface area contributed by atoms with Crippen LogP contribution in [0.25, 0.3) is 0 Å². The van der Waals surface area contributed by atoms with Gasteiger partial charge in [-0.25, -0.2) is 13.8 Å². The standard InChI is InChI=1S/C15H20F2N6O2/c1-7-4-20-15(23-6-9(17)3-11(23)13(19)25)21-14(7)22-5-8(16)2-10(22)12(18)24/h4,8-11H,2-3,5-6H2,1H3,(H2,18,24)(H2,19,25)/t8-,9-,10+,11+/m0/s1. The number of halogens is 2. The van der Waals surface area contributed by atoms with E-state index >= 15 is 0 Å². The van der Waals surface area contributed by atoms with Gasteiger partial charge in [-0.1, -0.05) is 0 Å². The van der Waals surface area contributed by atoms with Gasteiger partial charge < -0.3 is 21.3 Å². The van der Waals surface area contributed by atoms with Crippen molar-refractivity contribution in [2.24, 2.45) is 11.5 Å². The third kappa shape index (κ3) is 3.20. The van der Waals surface area contributed by atoms with Gasteiger partial charge in [0, 0.05) is 24.6 Å². The smallest absolute Gasteiger partial charge is 0.240 e. The number of hydrogen-bond donors (Lipinski definition) is 2. The number of rotatable bonds is 4. The monoisotopic (exact) mass is 354 g/mol. The van der Waals surface area contributed by atoms with Gasteiger partial charge in [-0.3, -0.25) is 9.59 Å². The van der Waals surface area contributed by atoms with Gasteiger partial charge in [0.15, 0.2) is 0 Å². The second kappa shape index (κ2) is 6.41. The zero-order chi connectivity index (χ0) is 18.3. The van der Waals surface area contributed by atoms with Crippen LogP contribution in [0.15, 0.2) is 6.20 Å². The normalized spacial score (nSPS) is 29.2. The molecule has 4 atom stereocenters. The molecule has 0 aliphatic carbocycles. The summed E-state index contributed by atoms with van der Waals surface area (Å²) in [4.78, 5) is 34.6. The van der Waals surface area contributed by atoms with Crippen LogP contribution in [0, 0.1) is 6.92 Å². The van der Waals surface area contributed by atoms with Crippen molar-refractivity contribution in [3.63, 3.8) is 0 Å². The summed E-state index contributed by atoms with van der Waals surface area (Å²) in [6, 6.07) is -1.65. The van der Waals surface area contributed by atoms with E-state index < -0.39 is 36.2 Å². The van der Waals surface area contributed by atoms with Crippen molar-refractivity contribution >= 4 is 23.6 Å². The van der Waals surface area contributed by atoms with Gasteiger partial charge in [-0.05, 0) is 6.92 Å². The van der Waals surface area contributed by atoms with Crippen molar-refractivity contribution in [2.45, 2.75) is 44.2 Å². The van der Waals surface area contributed by atoms with Crippen LogP contribution >= 0.6 is 0 Å². The molecule has 0 spiro atoms. The highest BCUT2D eigenvalue weighted by Crippen LogP contribution is 2.31. The highest BCUT2D eigenvalue weighted by Gasteiger charge is 2.40. The molecule has 3 rings (SSSR count). The molecule has 2 saturated heterocycles. The third-order valence-corrected chi connectivity index (χ3v) is 4.62. The van der Waals surface area contributed by atoms with Crippen LogP contribution in [0.3, 0.4) is 0 Å². The average molecular weight is 354 g/mol. The lowest BCUT2D eigenvalue weighted by Gasteiger charge is -2.27. The molecule has 25 heavy (non-hydrogen) atoms. The van der Waals surface area contributed by atoms with Crippen LogP contribution in [-0.4, -0.2) is 59.3 Å². The van der Waals surface area contributed by atoms with Crippen LogP contribution in [0.1, 0.15) is 18.4 Å². The Kier molecular flexibility index (Phi) is 4.44. The van der Waals surface area contributed by atoms with E-state index in [4.69, 9.17) is 11.5 Å². The maximum absolute atomic E-state index is 13.8. The molecule has 8 nitrogen and oxygen atoms in total. The SMILES string of the molecule is Cc1cnc(N2C[C@@H](F)C[C@@H]2C(N)=O)nc1N1C[C@@H](F)C[C@@H]1C(N)=O. The average Bonchev–Trinajstić information content (AvgIpc) is 3.11. The molecule has 3 heterocycles. The van der Waals surface area contributed by atoms with Gasteiger partial charge in [0.05, 0.1) is 13.1 Å². The van der Waals surface area contributed by atoms with Gasteiger partial charge in [-0.15, -0.1) is 0 Å². The summed E-state index contributed by atoms with van der Waals surface area (Å²) >= 11 is 0. The first-order chi connectivity index (χ1) is 11.8. The molecule has 0 radical (unpaired) electrons. The number of aromatic nitrogens is 2. The van der Waals surface area contributed by atoms with E-state index in [1.165, 1.54) is 16.0 Å². The van der Waals surface area contributed by atoms with Gasteiger partial charge in [0.1, 0.15) is 30.2 Å². The van der Waals surface area contributed by atoms with Crippen LogP contribution in [-0.2, 0) is 9.59 Å². The van der Waals surface area contributed by atoms with E-state index in [0.29, 0.717) is 11.4 Å². The van der Waals surface area contributed by atoms with Crippen LogP contribution in [0.4, 0.5) is 20.5 Å². The summed E-state index contributed by atoms with van der Waals surface area (Å²) in [5.41, 5.74) is 11.3. The summed E-state index contributed by atoms with van der Waals surface area (Å²) in [6.45, 7) is 1.65. The number of carbonyl (C=O) groups is 2. The Labute approximate surface area is 143 Å². The van der Waals surface area contributed by atoms with Crippen molar-refractivity contribution in [3.8, 4) is 0 Å². The number of nitrogens with two attached hydrogens (primary N) is 2. The Morgan fingerprint density at radius 1 is 1.08 bits per heavy atom. The Bertz CT molecular complexity index is 703. The van der Waals surface area contributed by atoms with Gasteiger partial charge in [0.2, 0.25) is 17.8 Å². The fourth-order valence-electron chi connectivity index (χ4n) is 3.42. The zero-order valence-corrected chi connectivity index (χ0v) is 13.7. The molecule has 0 unspecified atom stereocenters. The molecule has 4 N–H and O–H groups in total. The number of hydrogen-bond acceptors (Lipinski definition) is 6. The molecule has 1 aromatic rings. The van der Waals surface area contributed by atoms with E-state index in [9.17, 15) is 18.4 Å². The molecule has 0 bridgehead atoms. The first-order valence-electron chi connectivity index (χ1n) is 8.01. The van der Waals surface area contributed by atoms with Gasteiger partial charge in [0.25, 0.3) is 0 Å². The molecule has 10 heteroatoms. The van der Waals surface area contributed by atoms with Crippen molar-refractivity contribution in [2.75, 3.05) is 22.9 Å². The fraction of sp³-hybridized carbons (Fsp3) is 0.600. The number of primary amides is 2. The molecule has 0 aromatic carbocycles. The fourth-order valence-corrected chi connectivity index (χ4v) is 3.42. The van der Waals surface area contributed by atoms with E-state index in [1.807, 2.05) is 0 Å². The van der Waals surface area contributed by atoms with Crippen molar-refractivity contribution in [3.05, 3.63) is 11.8 Å². The van der Waals surface area contributed by atoms with Gasteiger partial charge >= 0.3 is 0 Å². The quantitative estimate of drug-likeness (QED) is 0.759. The second-order valence-electron chi connectivity index (χ2n) is 6.48. The number of aryl methyl sites for hydroxylation is 1. The Morgan fingerprint density at radius 2 is 1.60 bits per heavy atom. The number of carbonyl (C=O) groups excluding carboxylic acids is 2. The maximum atomic E-state index is 13.8. The molecule has 2 fully saturated rings. The lowest BCUT2D eigenvalue weighted by molar-refractivity contribution is -0.120. The molecule has 2 aliphatic heterocycles. The van der Waals surface area contributed by atoms with Crippen LogP contribution in [0.5, 0.6) is 0 Å². The Hall–Kier alpha value is -2.52. The molecule has 1 aromatic heterocycles. The summed E-state index contributed by atoms with van der Waals surface area (Å²) in [5.74, 6) is -0.833. The lowest BCUT2D eigenvalue weighted by atomic mass is 10.2. The first-order valence-corrected chi connectivity index (χ1v) is 8.01. The number of alkyl halides is 2. The Balaban J connectivity index is 1.96. The van der Waals surface area contributed by atoms with Crippen molar-refractivity contribution < 1.29 is 18.4 Å².